The standard InChI is InChI=1S/C15H16Cl2N2O/c1-10(13-5-4-12(16)7-14(13)17)18-8-11-3-6-15(20-2)19-9-11/h3-7,9-10,18H,8H2,1-2H3. The van der Waals surface area contributed by atoms with Gasteiger partial charge in [0.05, 0.1) is 7.11 Å². The fourth-order valence-corrected chi connectivity index (χ4v) is 2.44. The first kappa shape index (κ1) is 15.1. The summed E-state index contributed by atoms with van der Waals surface area (Å²) in [4.78, 5) is 4.17. The number of rotatable bonds is 5. The second kappa shape index (κ2) is 6.93. The second-order valence-electron chi connectivity index (χ2n) is 4.48. The van der Waals surface area contributed by atoms with E-state index in [-0.39, 0.29) is 6.04 Å². The molecule has 1 aromatic heterocycles. The minimum atomic E-state index is 0.127. The molecule has 20 heavy (non-hydrogen) atoms. The molecule has 1 unspecified atom stereocenters. The summed E-state index contributed by atoms with van der Waals surface area (Å²) in [6.07, 6.45) is 1.79. The molecule has 106 valence electrons. The first-order chi connectivity index (χ1) is 9.60. The molecule has 0 amide bonds. The zero-order valence-corrected chi connectivity index (χ0v) is 12.9. The molecule has 0 aliphatic heterocycles. The van der Waals surface area contributed by atoms with Crippen LogP contribution < -0.4 is 10.1 Å². The Morgan fingerprint density at radius 3 is 2.65 bits per heavy atom. The highest BCUT2D eigenvalue weighted by molar-refractivity contribution is 6.35. The third-order valence-corrected chi connectivity index (χ3v) is 3.61. The molecule has 1 aromatic carbocycles. The van der Waals surface area contributed by atoms with Crippen molar-refractivity contribution in [2.75, 3.05) is 7.11 Å². The van der Waals surface area contributed by atoms with Crippen LogP contribution in [0.25, 0.3) is 0 Å². The average Bonchev–Trinajstić information content (AvgIpc) is 2.45. The molecule has 0 saturated heterocycles. The maximum absolute atomic E-state index is 6.19. The van der Waals surface area contributed by atoms with Gasteiger partial charge in [0.2, 0.25) is 5.88 Å². The molecular weight excluding hydrogens is 295 g/mol. The van der Waals surface area contributed by atoms with E-state index in [1.807, 2.05) is 24.3 Å². The minimum Gasteiger partial charge on any atom is -0.481 e. The number of aromatic nitrogens is 1. The van der Waals surface area contributed by atoms with Crippen LogP contribution in [0.4, 0.5) is 0 Å². The molecule has 1 heterocycles. The second-order valence-corrected chi connectivity index (χ2v) is 5.32. The summed E-state index contributed by atoms with van der Waals surface area (Å²) in [6.45, 7) is 2.77. The summed E-state index contributed by atoms with van der Waals surface area (Å²) in [5.41, 5.74) is 2.11. The third kappa shape index (κ3) is 3.85. The van der Waals surface area contributed by atoms with Crippen molar-refractivity contribution < 1.29 is 4.74 Å². The van der Waals surface area contributed by atoms with Crippen LogP contribution in [0.15, 0.2) is 36.5 Å². The van der Waals surface area contributed by atoms with Gasteiger partial charge in [-0.25, -0.2) is 4.98 Å². The normalized spacial score (nSPS) is 12.2. The predicted octanol–water partition coefficient (Wildman–Crippen LogP) is 4.25. The Morgan fingerprint density at radius 1 is 1.25 bits per heavy atom. The fraction of sp³-hybridized carbons (Fsp3) is 0.267. The fourth-order valence-electron chi connectivity index (χ4n) is 1.87. The molecule has 0 saturated carbocycles. The van der Waals surface area contributed by atoms with Crippen LogP contribution in [0.5, 0.6) is 5.88 Å². The Kier molecular flexibility index (Phi) is 5.24. The minimum absolute atomic E-state index is 0.127. The van der Waals surface area contributed by atoms with Crippen molar-refractivity contribution >= 4 is 23.2 Å². The van der Waals surface area contributed by atoms with Crippen LogP contribution in [0.1, 0.15) is 24.1 Å². The lowest BCUT2D eigenvalue weighted by molar-refractivity contribution is 0.397. The molecule has 3 nitrogen and oxygen atoms in total. The van der Waals surface area contributed by atoms with Gasteiger partial charge in [-0.15, -0.1) is 0 Å². The van der Waals surface area contributed by atoms with E-state index in [9.17, 15) is 0 Å². The lowest BCUT2D eigenvalue weighted by Gasteiger charge is -2.16. The summed E-state index contributed by atoms with van der Waals surface area (Å²) < 4.78 is 5.03. The summed E-state index contributed by atoms with van der Waals surface area (Å²) in [6, 6.07) is 9.49. The van der Waals surface area contributed by atoms with Gasteiger partial charge in [-0.3, -0.25) is 0 Å². The topological polar surface area (TPSA) is 34.1 Å². The maximum Gasteiger partial charge on any atom is 0.212 e. The third-order valence-electron chi connectivity index (χ3n) is 3.05. The Balaban J connectivity index is 1.98. The maximum atomic E-state index is 6.19. The van der Waals surface area contributed by atoms with E-state index in [0.29, 0.717) is 22.5 Å². The van der Waals surface area contributed by atoms with E-state index >= 15 is 0 Å². The quantitative estimate of drug-likeness (QED) is 0.896. The SMILES string of the molecule is COc1ccc(CNC(C)c2ccc(Cl)cc2Cl)cn1. The molecule has 0 fully saturated rings. The number of methoxy groups -OCH3 is 1. The van der Waals surface area contributed by atoms with Gasteiger partial charge < -0.3 is 10.1 Å². The monoisotopic (exact) mass is 310 g/mol. The van der Waals surface area contributed by atoms with Crippen LogP contribution >= 0.6 is 23.2 Å². The number of nitrogens with zero attached hydrogens (tertiary/aromatic N) is 1. The van der Waals surface area contributed by atoms with Gasteiger partial charge in [0, 0.05) is 34.9 Å². The van der Waals surface area contributed by atoms with E-state index in [2.05, 4.69) is 17.2 Å². The number of hydrogen-bond acceptors (Lipinski definition) is 3. The van der Waals surface area contributed by atoms with Gasteiger partial charge in [0.1, 0.15) is 0 Å². The van der Waals surface area contributed by atoms with Gasteiger partial charge in [0.15, 0.2) is 0 Å². The smallest absolute Gasteiger partial charge is 0.212 e. The van der Waals surface area contributed by atoms with Crippen molar-refractivity contribution in [2.45, 2.75) is 19.5 Å². The van der Waals surface area contributed by atoms with E-state index in [0.717, 1.165) is 11.1 Å². The van der Waals surface area contributed by atoms with Crippen molar-refractivity contribution in [1.82, 2.24) is 10.3 Å². The Labute approximate surface area is 128 Å². The highest BCUT2D eigenvalue weighted by Crippen LogP contribution is 2.26. The van der Waals surface area contributed by atoms with Crippen LogP contribution in [-0.4, -0.2) is 12.1 Å². The van der Waals surface area contributed by atoms with E-state index in [1.54, 1.807) is 19.4 Å². The zero-order valence-electron chi connectivity index (χ0n) is 11.4. The van der Waals surface area contributed by atoms with E-state index in [1.165, 1.54) is 0 Å². The van der Waals surface area contributed by atoms with Gasteiger partial charge >= 0.3 is 0 Å². The first-order valence-corrected chi connectivity index (χ1v) is 7.03. The Morgan fingerprint density at radius 2 is 2.05 bits per heavy atom. The number of halogens is 2. The molecule has 1 N–H and O–H groups in total. The summed E-state index contributed by atoms with van der Waals surface area (Å²) in [7, 11) is 1.60. The van der Waals surface area contributed by atoms with Crippen molar-refractivity contribution in [1.29, 1.82) is 0 Å². The Hall–Kier alpha value is -1.29. The van der Waals surface area contributed by atoms with Crippen molar-refractivity contribution in [2.24, 2.45) is 0 Å². The van der Waals surface area contributed by atoms with Gasteiger partial charge in [-0.2, -0.15) is 0 Å². The number of ether oxygens (including phenoxy) is 1. The number of benzene rings is 1. The van der Waals surface area contributed by atoms with Crippen molar-refractivity contribution in [3.63, 3.8) is 0 Å². The predicted molar refractivity (Wildman–Crippen MR) is 82.5 cm³/mol. The molecule has 0 spiro atoms. The van der Waals surface area contributed by atoms with E-state index in [4.69, 9.17) is 27.9 Å². The number of hydrogen-bond donors (Lipinski definition) is 1. The first-order valence-electron chi connectivity index (χ1n) is 6.27. The van der Waals surface area contributed by atoms with Crippen LogP contribution in [0, 0.1) is 0 Å². The lowest BCUT2D eigenvalue weighted by Crippen LogP contribution is -2.18. The lowest BCUT2D eigenvalue weighted by atomic mass is 10.1. The van der Waals surface area contributed by atoms with Gasteiger partial charge in [0.25, 0.3) is 0 Å². The Bertz CT molecular complexity index is 573. The van der Waals surface area contributed by atoms with Gasteiger partial charge in [-0.1, -0.05) is 35.3 Å². The molecule has 2 aromatic rings. The number of nitrogens with one attached hydrogen (secondary N) is 1. The molecule has 0 aliphatic rings. The van der Waals surface area contributed by atoms with Gasteiger partial charge in [-0.05, 0) is 30.2 Å². The average molecular weight is 311 g/mol. The summed E-state index contributed by atoms with van der Waals surface area (Å²) in [5.74, 6) is 0.613. The highest BCUT2D eigenvalue weighted by Gasteiger charge is 2.09. The zero-order chi connectivity index (χ0) is 14.5. The molecule has 0 radical (unpaired) electrons. The molecule has 2 rings (SSSR count). The summed E-state index contributed by atoms with van der Waals surface area (Å²) >= 11 is 12.1. The largest absolute Gasteiger partial charge is 0.481 e. The van der Waals surface area contributed by atoms with Crippen LogP contribution in [0.3, 0.4) is 0 Å². The molecule has 5 heteroatoms. The summed E-state index contributed by atoms with van der Waals surface area (Å²) in [5, 5.41) is 4.72. The van der Waals surface area contributed by atoms with Crippen LogP contribution in [-0.2, 0) is 6.54 Å². The molecule has 0 aliphatic carbocycles. The molecular formula is C15H16Cl2N2O. The van der Waals surface area contributed by atoms with Crippen molar-refractivity contribution in [3.05, 3.63) is 57.7 Å². The molecule has 0 bridgehead atoms. The highest BCUT2D eigenvalue weighted by atomic mass is 35.5. The van der Waals surface area contributed by atoms with E-state index < -0.39 is 0 Å². The number of pyridine rings is 1. The molecule has 1 atom stereocenters. The van der Waals surface area contributed by atoms with Crippen LogP contribution in [0.2, 0.25) is 10.0 Å². The van der Waals surface area contributed by atoms with Crippen molar-refractivity contribution in [3.8, 4) is 5.88 Å².